The van der Waals surface area contributed by atoms with E-state index in [2.05, 4.69) is 21.8 Å². The van der Waals surface area contributed by atoms with E-state index in [-0.39, 0.29) is 23.2 Å². The summed E-state index contributed by atoms with van der Waals surface area (Å²) < 4.78 is 21.9. The molecule has 2 bridgehead atoms. The largest absolute Gasteiger partial charge is 0.593 e. The number of allylic oxidation sites excluding steroid dienone is 1. The van der Waals surface area contributed by atoms with Crippen molar-refractivity contribution in [1.82, 2.24) is 4.72 Å². The number of aliphatic hydroxyl groups is 1. The van der Waals surface area contributed by atoms with E-state index in [0.29, 0.717) is 30.3 Å². The van der Waals surface area contributed by atoms with Crippen LogP contribution in [0, 0.1) is 17.8 Å². The zero-order valence-corrected chi connectivity index (χ0v) is 24.0. The van der Waals surface area contributed by atoms with Crippen molar-refractivity contribution in [2.75, 3.05) is 30.3 Å². The minimum Gasteiger partial charge on any atom is -0.593 e. The van der Waals surface area contributed by atoms with Crippen LogP contribution in [0.25, 0.3) is 0 Å². The Bertz CT molecular complexity index is 1270. The maximum atomic E-state index is 13.1. The molecule has 2 aliphatic carbocycles. The molecule has 6 nitrogen and oxygen atoms in total. The van der Waals surface area contributed by atoms with Crippen LogP contribution >= 0.6 is 11.6 Å². The Kier molecular flexibility index (Phi) is 7.62. The second-order valence-electron chi connectivity index (χ2n) is 12.0. The van der Waals surface area contributed by atoms with Crippen LogP contribution < -0.4 is 14.4 Å². The molecule has 1 fully saturated rings. The Balaban J connectivity index is 1.40. The lowest BCUT2D eigenvalue weighted by Gasteiger charge is -2.45. The molecule has 0 saturated heterocycles. The number of rotatable bonds is 0. The molecule has 208 valence electrons. The molecule has 6 atom stereocenters. The summed E-state index contributed by atoms with van der Waals surface area (Å²) in [4.78, 5) is 15.5. The number of nitrogens with zero attached hydrogens (tertiary/aromatic N) is 1. The van der Waals surface area contributed by atoms with Crippen molar-refractivity contribution >= 4 is 34.6 Å². The van der Waals surface area contributed by atoms with Crippen molar-refractivity contribution in [1.29, 1.82) is 0 Å². The van der Waals surface area contributed by atoms with Crippen LogP contribution in [0.2, 0.25) is 5.02 Å². The van der Waals surface area contributed by atoms with Crippen molar-refractivity contribution in [3.05, 3.63) is 70.3 Å². The van der Waals surface area contributed by atoms with Gasteiger partial charge in [0.05, 0.1) is 29.8 Å². The molecule has 1 amide bonds. The number of halogens is 1. The Morgan fingerprint density at radius 3 is 2.92 bits per heavy atom. The minimum absolute atomic E-state index is 0.125. The van der Waals surface area contributed by atoms with Crippen LogP contribution in [0.4, 0.5) is 5.69 Å². The van der Waals surface area contributed by atoms with E-state index in [1.807, 2.05) is 37.3 Å². The SMILES string of the molecule is CC1C/C=C/C(O)C2CCC2CN2CC3(CCCc4cc(Cl)ccc43)COc3ccc(cc32)C(=O)N[S+]([O-])C1. The molecule has 2 N–H and O–H groups in total. The molecule has 6 unspecified atom stereocenters. The van der Waals surface area contributed by atoms with Gasteiger partial charge in [-0.2, -0.15) is 4.72 Å². The summed E-state index contributed by atoms with van der Waals surface area (Å²) >= 11 is 4.89. The number of amides is 1. The Labute approximate surface area is 239 Å². The highest BCUT2D eigenvalue weighted by Crippen LogP contribution is 2.46. The Hall–Kier alpha value is -2.19. The highest BCUT2D eigenvalue weighted by Gasteiger charge is 2.44. The predicted octanol–water partition coefficient (Wildman–Crippen LogP) is 5.19. The molecule has 6 rings (SSSR count). The van der Waals surface area contributed by atoms with Gasteiger partial charge in [0.15, 0.2) is 0 Å². The van der Waals surface area contributed by atoms with E-state index in [1.54, 1.807) is 6.07 Å². The number of anilines is 1. The number of fused-ring (bicyclic) bond motifs is 4. The molecule has 0 aromatic heterocycles. The summed E-state index contributed by atoms with van der Waals surface area (Å²) in [6.07, 6.45) is 9.30. The molecule has 8 heteroatoms. The van der Waals surface area contributed by atoms with Crippen LogP contribution in [0.15, 0.2) is 48.6 Å². The molecule has 2 aromatic carbocycles. The highest BCUT2D eigenvalue weighted by molar-refractivity contribution is 7.90. The molecule has 2 aliphatic heterocycles. The monoisotopic (exact) mass is 568 g/mol. The number of aliphatic hydroxyl groups excluding tert-OH is 1. The predicted molar refractivity (Wildman–Crippen MR) is 156 cm³/mol. The second-order valence-corrected chi connectivity index (χ2v) is 13.7. The second kappa shape index (κ2) is 11.0. The van der Waals surface area contributed by atoms with Crippen molar-refractivity contribution < 1.29 is 19.2 Å². The first-order chi connectivity index (χ1) is 18.8. The van der Waals surface area contributed by atoms with Gasteiger partial charge in [-0.3, -0.25) is 4.79 Å². The maximum absolute atomic E-state index is 13.1. The molecule has 2 aromatic rings. The van der Waals surface area contributed by atoms with Gasteiger partial charge in [-0.25, -0.2) is 0 Å². The quantitative estimate of drug-likeness (QED) is 0.337. The lowest BCUT2D eigenvalue weighted by atomic mass is 9.68. The molecule has 0 radical (unpaired) electrons. The third-order valence-corrected chi connectivity index (χ3v) is 10.7. The summed E-state index contributed by atoms with van der Waals surface area (Å²) in [5.41, 5.74) is 3.76. The lowest BCUT2D eigenvalue weighted by molar-refractivity contribution is 0.0456. The smallest absolute Gasteiger partial charge is 0.292 e. The Morgan fingerprint density at radius 1 is 1.23 bits per heavy atom. The van der Waals surface area contributed by atoms with Crippen molar-refractivity contribution in [3.8, 4) is 5.75 Å². The molecule has 2 heterocycles. The van der Waals surface area contributed by atoms with E-state index < -0.39 is 17.5 Å². The number of carbonyl (C=O) groups is 1. The fraction of sp³-hybridized carbons (Fsp3) is 0.516. The van der Waals surface area contributed by atoms with Crippen LogP contribution in [0.1, 0.15) is 60.5 Å². The third-order valence-electron chi connectivity index (χ3n) is 9.18. The Morgan fingerprint density at radius 2 is 2.10 bits per heavy atom. The standard InChI is InChI=1S/C31H37ClN2O4S/c1-20-4-2-6-28(35)25-10-7-23(25)16-34-18-31(13-3-5-21-14-24(32)9-11-26(21)31)19-38-29-12-8-22(15-27(29)34)30(36)33-39(37)17-20/h2,6,8-9,11-12,14-15,20,23,25,28,35H,3-5,7,10,13,16-19H2,1H3,(H,33,36)/b6-2+. The van der Waals surface area contributed by atoms with Crippen molar-refractivity contribution in [2.24, 2.45) is 17.8 Å². The summed E-state index contributed by atoms with van der Waals surface area (Å²) in [5.74, 6) is 1.46. The van der Waals surface area contributed by atoms with Crippen molar-refractivity contribution in [2.45, 2.75) is 57.0 Å². The van der Waals surface area contributed by atoms with Gasteiger partial charge < -0.3 is 19.3 Å². The van der Waals surface area contributed by atoms with E-state index in [1.165, 1.54) is 11.1 Å². The number of hydrogen-bond donors (Lipinski definition) is 2. The van der Waals surface area contributed by atoms with Gasteiger partial charge in [0.25, 0.3) is 5.91 Å². The first-order valence-electron chi connectivity index (χ1n) is 14.2. The van der Waals surface area contributed by atoms with E-state index >= 15 is 0 Å². The van der Waals surface area contributed by atoms with Crippen LogP contribution in [0.3, 0.4) is 0 Å². The number of hydrogen-bond acceptors (Lipinski definition) is 5. The number of aryl methyl sites for hydroxylation is 1. The highest BCUT2D eigenvalue weighted by atomic mass is 35.5. The number of ether oxygens (including phenoxy) is 1. The van der Waals surface area contributed by atoms with E-state index in [0.717, 1.165) is 61.7 Å². The lowest BCUT2D eigenvalue weighted by Crippen LogP contribution is -2.49. The van der Waals surface area contributed by atoms with Crippen molar-refractivity contribution in [3.63, 3.8) is 0 Å². The molecular formula is C31H37ClN2O4S. The van der Waals surface area contributed by atoms with Crippen LogP contribution in [-0.2, 0) is 23.2 Å². The fourth-order valence-corrected chi connectivity index (χ4v) is 8.19. The summed E-state index contributed by atoms with van der Waals surface area (Å²) in [6, 6.07) is 11.8. The number of nitrogens with one attached hydrogen (secondary N) is 1. The van der Waals surface area contributed by atoms with Gasteiger partial charge in [0.2, 0.25) is 0 Å². The molecule has 1 saturated carbocycles. The van der Waals surface area contributed by atoms with E-state index in [4.69, 9.17) is 16.3 Å². The van der Waals surface area contributed by atoms with Gasteiger partial charge >= 0.3 is 0 Å². The van der Waals surface area contributed by atoms with Gasteiger partial charge in [-0.1, -0.05) is 36.7 Å². The zero-order chi connectivity index (χ0) is 27.1. The average molecular weight is 569 g/mol. The van der Waals surface area contributed by atoms with E-state index in [9.17, 15) is 14.5 Å². The van der Waals surface area contributed by atoms with Gasteiger partial charge in [0, 0.05) is 35.0 Å². The number of benzene rings is 2. The molecule has 4 aliphatic rings. The zero-order valence-electron chi connectivity index (χ0n) is 22.4. The summed E-state index contributed by atoms with van der Waals surface area (Å²) in [7, 11) is 0. The fourth-order valence-electron chi connectivity index (χ4n) is 6.93. The first kappa shape index (κ1) is 27.0. The van der Waals surface area contributed by atoms with Gasteiger partial charge in [-0.05, 0) is 91.8 Å². The first-order valence-corrected chi connectivity index (χ1v) is 15.9. The van der Waals surface area contributed by atoms with Gasteiger partial charge in [0.1, 0.15) is 11.5 Å². The normalized spacial score (nSPS) is 33.6. The van der Waals surface area contributed by atoms with Crippen LogP contribution in [0.5, 0.6) is 5.75 Å². The van der Waals surface area contributed by atoms with Crippen LogP contribution in [-0.4, -0.2) is 47.1 Å². The summed E-state index contributed by atoms with van der Waals surface area (Å²) in [5, 5.41) is 11.8. The molecule has 39 heavy (non-hydrogen) atoms. The summed E-state index contributed by atoms with van der Waals surface area (Å²) in [6.45, 7) is 4.11. The minimum atomic E-state index is -1.49. The third kappa shape index (κ3) is 5.43. The molecular weight excluding hydrogens is 532 g/mol. The van der Waals surface area contributed by atoms with Gasteiger partial charge in [-0.15, -0.1) is 0 Å². The topological polar surface area (TPSA) is 84.9 Å². The molecule has 1 spiro atoms. The number of carbonyl (C=O) groups excluding carboxylic acids is 1. The maximum Gasteiger partial charge on any atom is 0.292 e. The average Bonchev–Trinajstić information content (AvgIpc) is 3.03.